The van der Waals surface area contributed by atoms with Gasteiger partial charge in [0.15, 0.2) is 0 Å². The molecule has 1 aromatic rings. The number of aromatic nitrogens is 1. The van der Waals surface area contributed by atoms with Crippen molar-refractivity contribution in [1.29, 1.82) is 0 Å². The van der Waals surface area contributed by atoms with E-state index in [0.717, 1.165) is 5.69 Å². The lowest BCUT2D eigenvalue weighted by Gasteiger charge is -2.40. The molecular formula is C15H24N2O2. The molecule has 0 aliphatic carbocycles. The van der Waals surface area contributed by atoms with Crippen molar-refractivity contribution in [3.8, 4) is 0 Å². The van der Waals surface area contributed by atoms with E-state index in [1.54, 1.807) is 23.9 Å². The predicted molar refractivity (Wildman–Crippen MR) is 78.6 cm³/mol. The van der Waals surface area contributed by atoms with E-state index < -0.39 is 5.97 Å². The summed E-state index contributed by atoms with van der Waals surface area (Å²) in [6.07, 6.45) is 3.72. The number of anilines is 1. The van der Waals surface area contributed by atoms with E-state index in [4.69, 9.17) is 5.11 Å². The lowest BCUT2D eigenvalue weighted by Crippen LogP contribution is -2.46. The molecule has 4 nitrogen and oxygen atoms in total. The van der Waals surface area contributed by atoms with Gasteiger partial charge in [-0.15, -0.1) is 6.58 Å². The van der Waals surface area contributed by atoms with E-state index in [1.807, 2.05) is 6.08 Å². The molecule has 0 saturated carbocycles. The van der Waals surface area contributed by atoms with Gasteiger partial charge < -0.3 is 15.0 Å². The number of aryl methyl sites for hydroxylation is 1. The molecule has 0 aliphatic heterocycles. The van der Waals surface area contributed by atoms with Crippen LogP contribution >= 0.6 is 0 Å². The molecule has 0 spiro atoms. The van der Waals surface area contributed by atoms with Gasteiger partial charge in [-0.05, 0) is 17.9 Å². The predicted octanol–water partition coefficient (Wildman–Crippen LogP) is 3.37. The molecule has 0 fully saturated rings. The van der Waals surface area contributed by atoms with Crippen LogP contribution in [0.2, 0.25) is 0 Å². The molecule has 2 N–H and O–H groups in total. The smallest absolute Gasteiger partial charge is 0.352 e. The fourth-order valence-corrected chi connectivity index (χ4v) is 2.57. The zero-order valence-electron chi connectivity index (χ0n) is 12.4. The third-order valence-corrected chi connectivity index (χ3v) is 3.83. The van der Waals surface area contributed by atoms with Gasteiger partial charge in [0.25, 0.3) is 0 Å². The highest BCUT2D eigenvalue weighted by molar-refractivity contribution is 5.87. The Kier molecular flexibility index (Phi) is 4.45. The normalized spacial score (nSPS) is 11.9. The van der Waals surface area contributed by atoms with Gasteiger partial charge in [-0.2, -0.15) is 0 Å². The number of nitrogens with zero attached hydrogens (tertiary/aromatic N) is 1. The summed E-state index contributed by atoms with van der Waals surface area (Å²) in [5, 5.41) is 12.5. The van der Waals surface area contributed by atoms with Crippen molar-refractivity contribution in [2.45, 2.75) is 33.2 Å². The summed E-state index contributed by atoms with van der Waals surface area (Å²) in [4.78, 5) is 11.1. The van der Waals surface area contributed by atoms with Gasteiger partial charge in [0, 0.05) is 13.2 Å². The highest BCUT2D eigenvalue weighted by Crippen LogP contribution is 2.32. The maximum absolute atomic E-state index is 11.1. The first kappa shape index (κ1) is 15.3. The van der Waals surface area contributed by atoms with Crippen LogP contribution in [0.5, 0.6) is 0 Å². The Morgan fingerprint density at radius 1 is 1.42 bits per heavy atom. The monoisotopic (exact) mass is 264 g/mol. The summed E-state index contributed by atoms with van der Waals surface area (Å²) in [7, 11) is 1.73. The number of hydrogen-bond donors (Lipinski definition) is 2. The average molecular weight is 264 g/mol. The van der Waals surface area contributed by atoms with E-state index in [0.29, 0.717) is 11.8 Å². The van der Waals surface area contributed by atoms with Gasteiger partial charge in [-0.3, -0.25) is 0 Å². The van der Waals surface area contributed by atoms with Crippen LogP contribution in [0.1, 0.15) is 38.2 Å². The molecule has 0 amide bonds. The molecule has 0 saturated heterocycles. The van der Waals surface area contributed by atoms with Crippen LogP contribution in [0.15, 0.2) is 24.9 Å². The van der Waals surface area contributed by atoms with Crippen LogP contribution in [0, 0.1) is 11.8 Å². The second kappa shape index (κ2) is 5.51. The second-order valence-corrected chi connectivity index (χ2v) is 5.60. The van der Waals surface area contributed by atoms with Crippen molar-refractivity contribution < 1.29 is 9.90 Å². The Labute approximate surface area is 115 Å². The summed E-state index contributed by atoms with van der Waals surface area (Å²) < 4.78 is 1.61. The van der Waals surface area contributed by atoms with E-state index >= 15 is 0 Å². The highest BCUT2D eigenvalue weighted by atomic mass is 16.4. The minimum atomic E-state index is -0.922. The van der Waals surface area contributed by atoms with Crippen LogP contribution < -0.4 is 5.32 Å². The number of carbonyl (C=O) groups is 1. The maximum atomic E-state index is 11.1. The zero-order valence-corrected chi connectivity index (χ0v) is 12.4. The third-order valence-electron chi connectivity index (χ3n) is 3.83. The van der Waals surface area contributed by atoms with Gasteiger partial charge in [0.05, 0.1) is 11.2 Å². The van der Waals surface area contributed by atoms with Gasteiger partial charge in [-0.25, -0.2) is 4.79 Å². The first-order valence-corrected chi connectivity index (χ1v) is 6.56. The maximum Gasteiger partial charge on any atom is 0.352 e. The van der Waals surface area contributed by atoms with E-state index in [2.05, 4.69) is 39.6 Å². The third kappa shape index (κ3) is 2.83. The van der Waals surface area contributed by atoms with E-state index in [-0.39, 0.29) is 11.2 Å². The molecule has 0 atom stereocenters. The summed E-state index contributed by atoms with van der Waals surface area (Å²) in [5.41, 5.74) is 0.826. The van der Waals surface area contributed by atoms with Crippen LogP contribution in [-0.2, 0) is 7.05 Å². The van der Waals surface area contributed by atoms with Crippen molar-refractivity contribution in [2.75, 3.05) is 5.32 Å². The molecule has 0 aliphatic rings. The van der Waals surface area contributed by atoms with Crippen molar-refractivity contribution in [3.63, 3.8) is 0 Å². The SMILES string of the molecule is C=CC(Nc1cc(C(=O)O)n(C)c1)(C(C)C)C(C)C. The first-order valence-electron chi connectivity index (χ1n) is 6.56. The van der Waals surface area contributed by atoms with E-state index in [9.17, 15) is 4.79 Å². The fourth-order valence-electron chi connectivity index (χ4n) is 2.57. The number of rotatable bonds is 6. The lowest BCUT2D eigenvalue weighted by atomic mass is 9.77. The summed E-state index contributed by atoms with van der Waals surface area (Å²) in [6, 6.07) is 1.66. The number of aromatic carboxylic acids is 1. The van der Waals surface area contributed by atoms with Crippen LogP contribution in [0.3, 0.4) is 0 Å². The zero-order chi connectivity index (χ0) is 14.8. The Morgan fingerprint density at radius 2 is 1.95 bits per heavy atom. The first-order chi connectivity index (χ1) is 8.74. The van der Waals surface area contributed by atoms with Gasteiger partial charge in [0.2, 0.25) is 0 Å². The number of carboxylic acids is 1. The molecule has 1 rings (SSSR count). The van der Waals surface area contributed by atoms with Gasteiger partial charge in [0.1, 0.15) is 5.69 Å². The largest absolute Gasteiger partial charge is 0.477 e. The van der Waals surface area contributed by atoms with Crippen molar-refractivity contribution >= 4 is 11.7 Å². The molecule has 0 unspecified atom stereocenters. The highest BCUT2D eigenvalue weighted by Gasteiger charge is 2.34. The van der Waals surface area contributed by atoms with Crippen LogP contribution in [0.4, 0.5) is 5.69 Å². The summed E-state index contributed by atoms with van der Waals surface area (Å²) >= 11 is 0. The molecule has 0 radical (unpaired) electrons. The van der Waals surface area contributed by atoms with Crippen molar-refractivity contribution in [2.24, 2.45) is 18.9 Å². The topological polar surface area (TPSA) is 54.3 Å². The van der Waals surface area contributed by atoms with Crippen molar-refractivity contribution in [3.05, 3.63) is 30.6 Å². The van der Waals surface area contributed by atoms with Gasteiger partial charge in [-0.1, -0.05) is 33.8 Å². The number of hydrogen-bond acceptors (Lipinski definition) is 2. The molecule has 1 aromatic heterocycles. The Balaban J connectivity index is 3.14. The lowest BCUT2D eigenvalue weighted by molar-refractivity contribution is 0.0686. The molecular weight excluding hydrogens is 240 g/mol. The minimum Gasteiger partial charge on any atom is -0.477 e. The molecule has 1 heterocycles. The second-order valence-electron chi connectivity index (χ2n) is 5.60. The average Bonchev–Trinajstić information content (AvgIpc) is 2.66. The fraction of sp³-hybridized carbons (Fsp3) is 0.533. The molecule has 4 heteroatoms. The Hall–Kier alpha value is -1.71. The number of carboxylic acid groups (broad SMARTS) is 1. The minimum absolute atomic E-state index is 0.253. The number of nitrogens with one attached hydrogen (secondary N) is 1. The van der Waals surface area contributed by atoms with Crippen LogP contribution in [0.25, 0.3) is 0 Å². The molecule has 0 aromatic carbocycles. The Bertz CT molecular complexity index is 464. The summed E-state index contributed by atoms with van der Waals surface area (Å²) in [6.45, 7) is 12.5. The Morgan fingerprint density at radius 3 is 2.26 bits per heavy atom. The quantitative estimate of drug-likeness (QED) is 0.774. The summed E-state index contributed by atoms with van der Waals surface area (Å²) in [5.74, 6) is -0.231. The van der Waals surface area contributed by atoms with Crippen molar-refractivity contribution in [1.82, 2.24) is 4.57 Å². The standard InChI is InChI=1S/C15H24N2O2/c1-7-15(10(2)3,11(4)5)16-12-8-13(14(18)19)17(6)9-12/h7-11,16H,1H2,2-6H3,(H,18,19). The van der Waals surface area contributed by atoms with Gasteiger partial charge >= 0.3 is 5.97 Å². The van der Waals surface area contributed by atoms with Crippen LogP contribution in [-0.4, -0.2) is 21.2 Å². The molecule has 106 valence electrons. The van der Waals surface area contributed by atoms with E-state index in [1.165, 1.54) is 0 Å². The molecule has 0 bridgehead atoms. The molecule has 19 heavy (non-hydrogen) atoms.